The van der Waals surface area contributed by atoms with Crippen LogP contribution in [0, 0.1) is 0 Å². The molecule has 2 amide bonds. The van der Waals surface area contributed by atoms with Crippen molar-refractivity contribution in [1.82, 2.24) is 10.3 Å². The SMILES string of the molecule is CC(=O)N(c1nc([C@@H]2NC(=O)c3c(Cl)cccc3N2)cs1)C1CC1. The number of amides is 2. The van der Waals surface area contributed by atoms with Gasteiger partial charge in [-0.25, -0.2) is 4.98 Å². The van der Waals surface area contributed by atoms with Crippen molar-refractivity contribution in [2.24, 2.45) is 0 Å². The fourth-order valence-corrected chi connectivity index (χ4v) is 4.04. The fraction of sp³-hybridized carbons (Fsp3) is 0.312. The van der Waals surface area contributed by atoms with Gasteiger partial charge in [-0.2, -0.15) is 0 Å². The van der Waals surface area contributed by atoms with Gasteiger partial charge in [-0.05, 0) is 25.0 Å². The zero-order valence-corrected chi connectivity index (χ0v) is 14.4. The zero-order valence-electron chi connectivity index (χ0n) is 12.9. The Kier molecular flexibility index (Phi) is 3.69. The standard InChI is InChI=1S/C16H15ClN4O2S/c1-8(22)21(9-5-6-9)16-19-12(7-24-16)14-18-11-4-2-3-10(17)13(11)15(23)20-14/h2-4,7,9,14,18H,5-6H2,1H3,(H,20,23)/t14-/m0/s1. The number of aromatic nitrogens is 1. The highest BCUT2D eigenvalue weighted by molar-refractivity contribution is 7.14. The predicted octanol–water partition coefficient (Wildman–Crippen LogP) is 3.17. The Balaban J connectivity index is 1.62. The summed E-state index contributed by atoms with van der Waals surface area (Å²) in [6, 6.07) is 5.55. The highest BCUT2D eigenvalue weighted by Gasteiger charge is 2.35. The molecule has 124 valence electrons. The summed E-state index contributed by atoms with van der Waals surface area (Å²) in [6.07, 6.45) is 1.58. The number of fused-ring (bicyclic) bond motifs is 1. The molecule has 1 aromatic carbocycles. The predicted molar refractivity (Wildman–Crippen MR) is 93.6 cm³/mol. The van der Waals surface area contributed by atoms with Crippen molar-refractivity contribution in [3.63, 3.8) is 0 Å². The Bertz CT molecular complexity index is 833. The first-order valence-electron chi connectivity index (χ1n) is 7.65. The van der Waals surface area contributed by atoms with Crippen LogP contribution in [0.1, 0.15) is 42.0 Å². The molecular formula is C16H15ClN4O2S. The van der Waals surface area contributed by atoms with Gasteiger partial charge >= 0.3 is 0 Å². The van der Waals surface area contributed by atoms with Crippen molar-refractivity contribution in [2.45, 2.75) is 32.0 Å². The molecule has 6 nitrogen and oxygen atoms in total. The van der Waals surface area contributed by atoms with Crippen LogP contribution in [0.15, 0.2) is 23.6 Å². The molecule has 1 saturated carbocycles. The molecule has 2 aromatic rings. The van der Waals surface area contributed by atoms with Crippen molar-refractivity contribution >= 4 is 45.6 Å². The van der Waals surface area contributed by atoms with Crippen LogP contribution >= 0.6 is 22.9 Å². The number of carbonyl (C=O) groups excluding carboxylic acids is 2. The molecule has 1 fully saturated rings. The number of hydrogen-bond acceptors (Lipinski definition) is 5. The molecule has 4 rings (SSSR count). The molecule has 24 heavy (non-hydrogen) atoms. The summed E-state index contributed by atoms with van der Waals surface area (Å²) in [7, 11) is 0. The van der Waals surface area contributed by atoms with Gasteiger partial charge in [-0.1, -0.05) is 17.7 Å². The maximum Gasteiger partial charge on any atom is 0.256 e. The molecule has 0 saturated heterocycles. The minimum absolute atomic E-state index is 0.00355. The summed E-state index contributed by atoms with van der Waals surface area (Å²) in [5.74, 6) is -0.240. The van der Waals surface area contributed by atoms with E-state index in [1.165, 1.54) is 11.3 Å². The van der Waals surface area contributed by atoms with Crippen LogP contribution in [0.25, 0.3) is 0 Å². The summed E-state index contributed by atoms with van der Waals surface area (Å²) >= 11 is 7.50. The smallest absolute Gasteiger partial charge is 0.256 e. The van der Waals surface area contributed by atoms with Crippen molar-refractivity contribution in [1.29, 1.82) is 0 Å². The van der Waals surface area contributed by atoms with Gasteiger partial charge in [-0.15, -0.1) is 11.3 Å². The van der Waals surface area contributed by atoms with Gasteiger partial charge in [0.15, 0.2) is 5.13 Å². The summed E-state index contributed by atoms with van der Waals surface area (Å²) in [5, 5.41) is 9.04. The average Bonchev–Trinajstić information content (AvgIpc) is 3.23. The molecule has 0 radical (unpaired) electrons. The molecule has 1 aromatic heterocycles. The second-order valence-electron chi connectivity index (χ2n) is 5.89. The van der Waals surface area contributed by atoms with Gasteiger partial charge in [0.2, 0.25) is 5.91 Å². The van der Waals surface area contributed by atoms with E-state index in [0.29, 0.717) is 27.1 Å². The third kappa shape index (κ3) is 2.63. The molecule has 0 spiro atoms. The van der Waals surface area contributed by atoms with E-state index in [0.717, 1.165) is 12.8 Å². The highest BCUT2D eigenvalue weighted by Crippen LogP contribution is 2.36. The minimum atomic E-state index is -0.443. The summed E-state index contributed by atoms with van der Waals surface area (Å²) in [6.45, 7) is 1.55. The van der Waals surface area contributed by atoms with Gasteiger partial charge in [0.05, 0.1) is 22.0 Å². The maximum atomic E-state index is 12.3. The van der Waals surface area contributed by atoms with E-state index in [-0.39, 0.29) is 17.9 Å². The molecular weight excluding hydrogens is 348 g/mol. The van der Waals surface area contributed by atoms with Crippen LogP contribution < -0.4 is 15.5 Å². The summed E-state index contributed by atoms with van der Waals surface area (Å²) in [4.78, 5) is 30.5. The number of halogens is 1. The Morgan fingerprint density at radius 3 is 2.88 bits per heavy atom. The first kappa shape index (κ1) is 15.4. The Labute approximate surface area is 147 Å². The van der Waals surface area contributed by atoms with E-state index in [1.54, 1.807) is 24.0 Å². The maximum absolute atomic E-state index is 12.3. The third-order valence-corrected chi connectivity index (χ3v) is 5.25. The lowest BCUT2D eigenvalue weighted by molar-refractivity contribution is -0.116. The number of benzene rings is 1. The lowest BCUT2D eigenvalue weighted by Gasteiger charge is -2.27. The van der Waals surface area contributed by atoms with Crippen molar-refractivity contribution < 1.29 is 9.59 Å². The summed E-state index contributed by atoms with van der Waals surface area (Å²) in [5.41, 5.74) is 1.80. The van der Waals surface area contributed by atoms with E-state index in [1.807, 2.05) is 11.4 Å². The molecule has 0 bridgehead atoms. The van der Waals surface area contributed by atoms with Crippen molar-refractivity contribution in [3.8, 4) is 0 Å². The van der Waals surface area contributed by atoms with Crippen LogP contribution in [-0.4, -0.2) is 22.8 Å². The topological polar surface area (TPSA) is 74.3 Å². The molecule has 1 atom stereocenters. The Morgan fingerprint density at radius 1 is 1.38 bits per heavy atom. The second-order valence-corrected chi connectivity index (χ2v) is 7.13. The number of hydrogen-bond donors (Lipinski definition) is 2. The Hall–Kier alpha value is -2.12. The van der Waals surface area contributed by atoms with E-state index in [2.05, 4.69) is 15.6 Å². The van der Waals surface area contributed by atoms with Crippen LogP contribution in [0.5, 0.6) is 0 Å². The minimum Gasteiger partial charge on any atom is -0.360 e. The van der Waals surface area contributed by atoms with Gasteiger partial charge in [0, 0.05) is 18.3 Å². The van der Waals surface area contributed by atoms with E-state index in [9.17, 15) is 9.59 Å². The van der Waals surface area contributed by atoms with Crippen LogP contribution in [0.3, 0.4) is 0 Å². The quantitative estimate of drug-likeness (QED) is 0.879. The average molecular weight is 363 g/mol. The Morgan fingerprint density at radius 2 is 2.17 bits per heavy atom. The fourth-order valence-electron chi connectivity index (χ4n) is 2.82. The van der Waals surface area contributed by atoms with Gasteiger partial charge in [-0.3, -0.25) is 14.5 Å². The van der Waals surface area contributed by atoms with Crippen molar-refractivity contribution in [3.05, 3.63) is 39.9 Å². The number of nitrogens with one attached hydrogen (secondary N) is 2. The van der Waals surface area contributed by atoms with Gasteiger partial charge in [0.25, 0.3) is 5.91 Å². The van der Waals surface area contributed by atoms with E-state index in [4.69, 9.17) is 11.6 Å². The molecule has 2 heterocycles. The molecule has 8 heteroatoms. The van der Waals surface area contributed by atoms with Crippen LogP contribution in [0.2, 0.25) is 5.02 Å². The van der Waals surface area contributed by atoms with Crippen molar-refractivity contribution in [2.75, 3.05) is 10.2 Å². The molecule has 0 unspecified atom stereocenters. The summed E-state index contributed by atoms with van der Waals surface area (Å²) < 4.78 is 0. The number of anilines is 2. The highest BCUT2D eigenvalue weighted by atomic mass is 35.5. The molecule has 1 aliphatic carbocycles. The normalized spacial score (nSPS) is 19.2. The van der Waals surface area contributed by atoms with E-state index < -0.39 is 6.17 Å². The first-order chi connectivity index (χ1) is 11.5. The molecule has 2 N–H and O–H groups in total. The number of carbonyl (C=O) groups is 2. The number of rotatable bonds is 3. The lowest BCUT2D eigenvalue weighted by atomic mass is 10.1. The largest absolute Gasteiger partial charge is 0.360 e. The van der Waals surface area contributed by atoms with E-state index >= 15 is 0 Å². The van der Waals surface area contributed by atoms with Gasteiger partial charge < -0.3 is 10.6 Å². The lowest BCUT2D eigenvalue weighted by Crippen LogP contribution is -2.39. The van der Waals surface area contributed by atoms with Crippen LogP contribution in [-0.2, 0) is 4.79 Å². The number of thiazole rings is 1. The van der Waals surface area contributed by atoms with Crippen LogP contribution in [0.4, 0.5) is 10.8 Å². The molecule has 2 aliphatic rings. The number of nitrogens with zero attached hydrogens (tertiary/aromatic N) is 2. The zero-order chi connectivity index (χ0) is 16.8. The second kappa shape index (κ2) is 5.75. The third-order valence-electron chi connectivity index (χ3n) is 4.08. The van der Waals surface area contributed by atoms with Gasteiger partial charge in [0.1, 0.15) is 6.17 Å². The molecule has 1 aliphatic heterocycles. The monoisotopic (exact) mass is 362 g/mol. The first-order valence-corrected chi connectivity index (χ1v) is 8.91.